The number of rotatable bonds is 5. The molecule has 0 fully saturated rings. The quantitative estimate of drug-likeness (QED) is 0.810. The first-order valence-corrected chi connectivity index (χ1v) is 6.42. The lowest BCUT2D eigenvalue weighted by Crippen LogP contribution is -2.29. The average Bonchev–Trinajstić information content (AvgIpc) is 2.83. The summed E-state index contributed by atoms with van der Waals surface area (Å²) in [7, 11) is 0. The molecule has 0 aliphatic heterocycles. The first kappa shape index (κ1) is 13.6. The summed E-state index contributed by atoms with van der Waals surface area (Å²) >= 11 is 3.36. The van der Waals surface area contributed by atoms with Crippen LogP contribution in [0.2, 0.25) is 0 Å². The molecule has 0 aliphatic carbocycles. The molecular weight excluding hydrogens is 312 g/mol. The molecule has 0 unspecified atom stereocenters. The second-order valence-electron chi connectivity index (χ2n) is 3.90. The minimum atomic E-state index is -0.217. The van der Waals surface area contributed by atoms with E-state index in [4.69, 9.17) is 5.73 Å². The highest BCUT2D eigenvalue weighted by molar-refractivity contribution is 9.10. The van der Waals surface area contributed by atoms with Gasteiger partial charge in [0.05, 0.1) is 25.8 Å². The molecule has 7 nitrogen and oxygen atoms in total. The number of nitrogens with zero attached hydrogens (tertiary/aromatic N) is 4. The van der Waals surface area contributed by atoms with E-state index < -0.39 is 0 Å². The van der Waals surface area contributed by atoms with Gasteiger partial charge in [-0.3, -0.25) is 9.78 Å². The van der Waals surface area contributed by atoms with Crippen molar-refractivity contribution in [3.63, 3.8) is 0 Å². The van der Waals surface area contributed by atoms with Gasteiger partial charge in [-0.25, -0.2) is 4.68 Å². The van der Waals surface area contributed by atoms with E-state index in [-0.39, 0.29) is 12.5 Å². The molecule has 3 N–H and O–H groups in total. The number of pyridine rings is 1. The molecule has 0 aromatic carbocycles. The Balaban J connectivity index is 1.95. The van der Waals surface area contributed by atoms with Gasteiger partial charge in [0, 0.05) is 16.9 Å². The second kappa shape index (κ2) is 6.39. The van der Waals surface area contributed by atoms with Crippen LogP contribution in [0.25, 0.3) is 0 Å². The van der Waals surface area contributed by atoms with Gasteiger partial charge in [0.1, 0.15) is 5.69 Å². The van der Waals surface area contributed by atoms with Crippen LogP contribution in [0.3, 0.4) is 0 Å². The maximum absolute atomic E-state index is 11.0. The molecule has 2 rings (SSSR count). The number of halogens is 1. The van der Waals surface area contributed by atoms with Gasteiger partial charge in [-0.05, 0) is 27.6 Å². The maximum Gasteiger partial charge on any atom is 0.234 e. The Bertz CT molecular complexity index is 570. The number of aromatic nitrogens is 4. The third-order valence-electron chi connectivity index (χ3n) is 2.34. The van der Waals surface area contributed by atoms with Gasteiger partial charge in [-0.2, -0.15) is 0 Å². The predicted octanol–water partition coefficient (Wildman–Crippen LogP) is 0.0588. The van der Waals surface area contributed by atoms with Gasteiger partial charge >= 0.3 is 0 Å². The molecule has 19 heavy (non-hydrogen) atoms. The van der Waals surface area contributed by atoms with E-state index in [0.717, 1.165) is 10.0 Å². The van der Waals surface area contributed by atoms with Crippen LogP contribution in [0.5, 0.6) is 0 Å². The largest absolute Gasteiger partial charge is 0.349 e. The Kier molecular flexibility index (Phi) is 4.58. The van der Waals surface area contributed by atoms with Gasteiger partial charge < -0.3 is 11.1 Å². The van der Waals surface area contributed by atoms with E-state index in [0.29, 0.717) is 18.8 Å². The molecule has 2 aromatic heterocycles. The average molecular weight is 325 g/mol. The zero-order valence-electron chi connectivity index (χ0n) is 10.1. The maximum atomic E-state index is 11.0. The fourth-order valence-corrected chi connectivity index (χ4v) is 1.90. The summed E-state index contributed by atoms with van der Waals surface area (Å²) in [5.74, 6) is -0.217. The molecule has 2 aromatic rings. The van der Waals surface area contributed by atoms with Crippen LogP contribution in [0.4, 0.5) is 0 Å². The lowest BCUT2D eigenvalue weighted by Gasteiger charge is -2.01. The van der Waals surface area contributed by atoms with Crippen LogP contribution in [0.1, 0.15) is 11.3 Å². The van der Waals surface area contributed by atoms with Crippen LogP contribution in [0, 0.1) is 0 Å². The van der Waals surface area contributed by atoms with Crippen LogP contribution < -0.4 is 11.1 Å². The van der Waals surface area contributed by atoms with Gasteiger partial charge in [-0.1, -0.05) is 5.21 Å². The molecule has 0 saturated carbocycles. The van der Waals surface area contributed by atoms with Crippen LogP contribution >= 0.6 is 15.9 Å². The molecule has 8 heteroatoms. The summed E-state index contributed by atoms with van der Waals surface area (Å²) in [6.07, 6.45) is 5.26. The summed E-state index contributed by atoms with van der Waals surface area (Å²) in [6, 6.07) is 1.96. The lowest BCUT2D eigenvalue weighted by molar-refractivity contribution is -0.119. The molecule has 0 aliphatic rings. The number of amides is 1. The highest BCUT2D eigenvalue weighted by Crippen LogP contribution is 2.10. The highest BCUT2D eigenvalue weighted by Gasteiger charge is 2.04. The molecule has 0 radical (unpaired) electrons. The second-order valence-corrected chi connectivity index (χ2v) is 4.82. The van der Waals surface area contributed by atoms with Gasteiger partial charge in [0.2, 0.25) is 5.91 Å². The summed E-state index contributed by atoms with van der Waals surface area (Å²) in [5.41, 5.74) is 6.89. The minimum Gasteiger partial charge on any atom is -0.349 e. The Morgan fingerprint density at radius 3 is 3.05 bits per heavy atom. The lowest BCUT2D eigenvalue weighted by atomic mass is 10.3. The van der Waals surface area contributed by atoms with Crippen molar-refractivity contribution in [2.45, 2.75) is 13.1 Å². The third kappa shape index (κ3) is 4.11. The van der Waals surface area contributed by atoms with Crippen molar-refractivity contribution in [3.05, 3.63) is 40.4 Å². The fourth-order valence-electron chi connectivity index (χ4n) is 1.49. The van der Waals surface area contributed by atoms with Crippen LogP contribution in [-0.2, 0) is 17.9 Å². The predicted molar refractivity (Wildman–Crippen MR) is 72.0 cm³/mol. The van der Waals surface area contributed by atoms with Crippen molar-refractivity contribution in [2.24, 2.45) is 5.73 Å². The fraction of sp³-hybridized carbons (Fsp3) is 0.273. The van der Waals surface area contributed by atoms with E-state index in [1.807, 2.05) is 6.07 Å². The van der Waals surface area contributed by atoms with Crippen molar-refractivity contribution < 1.29 is 4.79 Å². The van der Waals surface area contributed by atoms with E-state index in [9.17, 15) is 4.79 Å². The standard InChI is InChI=1S/C11H13BrN6O/c12-9-1-8(3-14-4-9)6-18-7-10(16-17-18)5-15-11(19)2-13/h1,3-4,7H,2,5-6,13H2,(H,15,19). The Morgan fingerprint density at radius 2 is 2.32 bits per heavy atom. The Labute approximate surface area is 118 Å². The number of nitrogens with two attached hydrogens (primary N) is 1. The molecule has 0 bridgehead atoms. The molecule has 0 atom stereocenters. The van der Waals surface area contributed by atoms with Crippen molar-refractivity contribution >= 4 is 21.8 Å². The summed E-state index contributed by atoms with van der Waals surface area (Å²) in [5, 5.41) is 10.6. The molecule has 1 amide bonds. The van der Waals surface area contributed by atoms with E-state index >= 15 is 0 Å². The van der Waals surface area contributed by atoms with E-state index in [2.05, 4.69) is 36.5 Å². The van der Waals surface area contributed by atoms with Gasteiger partial charge in [-0.15, -0.1) is 5.10 Å². The van der Waals surface area contributed by atoms with Gasteiger partial charge in [0.25, 0.3) is 0 Å². The summed E-state index contributed by atoms with van der Waals surface area (Å²) in [6.45, 7) is 0.870. The van der Waals surface area contributed by atoms with Gasteiger partial charge in [0.15, 0.2) is 0 Å². The number of hydrogen-bond acceptors (Lipinski definition) is 5. The number of hydrogen-bond donors (Lipinski definition) is 2. The number of carbonyl (C=O) groups excluding carboxylic acids is 1. The van der Waals surface area contributed by atoms with Crippen molar-refractivity contribution in [3.8, 4) is 0 Å². The van der Waals surface area contributed by atoms with Crippen molar-refractivity contribution in [1.82, 2.24) is 25.3 Å². The highest BCUT2D eigenvalue weighted by atomic mass is 79.9. The van der Waals surface area contributed by atoms with E-state index in [1.54, 1.807) is 23.3 Å². The Morgan fingerprint density at radius 1 is 1.47 bits per heavy atom. The SMILES string of the molecule is NCC(=O)NCc1cn(Cc2cncc(Br)c2)nn1. The smallest absolute Gasteiger partial charge is 0.234 e. The first-order chi connectivity index (χ1) is 9.17. The molecule has 0 saturated heterocycles. The van der Waals surface area contributed by atoms with Crippen molar-refractivity contribution in [2.75, 3.05) is 6.54 Å². The normalized spacial score (nSPS) is 10.4. The number of nitrogens with one attached hydrogen (secondary N) is 1. The van der Waals surface area contributed by atoms with Crippen molar-refractivity contribution in [1.29, 1.82) is 0 Å². The zero-order chi connectivity index (χ0) is 13.7. The Hall–Kier alpha value is -1.80. The molecule has 100 valence electrons. The van der Waals surface area contributed by atoms with E-state index in [1.165, 1.54) is 0 Å². The van der Waals surface area contributed by atoms with Crippen LogP contribution in [-0.4, -0.2) is 32.4 Å². The first-order valence-electron chi connectivity index (χ1n) is 5.62. The molecular formula is C11H13BrN6O. The molecule has 2 heterocycles. The summed E-state index contributed by atoms with van der Waals surface area (Å²) in [4.78, 5) is 15.1. The molecule has 0 spiro atoms. The minimum absolute atomic E-state index is 0.0299. The topological polar surface area (TPSA) is 98.7 Å². The number of carbonyl (C=O) groups is 1. The summed E-state index contributed by atoms with van der Waals surface area (Å²) < 4.78 is 2.61. The third-order valence-corrected chi connectivity index (χ3v) is 2.78. The van der Waals surface area contributed by atoms with Crippen LogP contribution in [0.15, 0.2) is 29.1 Å². The monoisotopic (exact) mass is 324 g/mol. The zero-order valence-corrected chi connectivity index (χ0v) is 11.7.